The highest BCUT2D eigenvalue weighted by atomic mass is 15.2. The number of aromatic amines is 1. The number of hydrogen-bond donors (Lipinski definition) is 1. The van der Waals surface area contributed by atoms with Crippen molar-refractivity contribution in [2.75, 3.05) is 11.4 Å². The Kier molecular flexibility index (Phi) is 2.13. The molecule has 4 heteroatoms. The third-order valence-corrected chi connectivity index (χ3v) is 2.92. The molecular formula is C12H14N4. The molecule has 0 aliphatic carbocycles. The number of anilines is 1. The van der Waals surface area contributed by atoms with Crippen molar-refractivity contribution in [3.05, 3.63) is 41.6 Å². The van der Waals surface area contributed by atoms with Crippen molar-refractivity contribution in [3.63, 3.8) is 0 Å². The summed E-state index contributed by atoms with van der Waals surface area (Å²) in [5.74, 6) is 2.05. The second kappa shape index (κ2) is 3.63. The summed E-state index contributed by atoms with van der Waals surface area (Å²) < 4.78 is 0. The molecule has 2 aromatic rings. The molecule has 1 N–H and O–H groups in total. The molecule has 0 spiro atoms. The monoisotopic (exact) mass is 214 g/mol. The van der Waals surface area contributed by atoms with Gasteiger partial charge in [-0.25, -0.2) is 9.97 Å². The molecule has 3 heterocycles. The first kappa shape index (κ1) is 9.39. The molecule has 16 heavy (non-hydrogen) atoms. The molecule has 0 fully saturated rings. The van der Waals surface area contributed by atoms with E-state index >= 15 is 0 Å². The van der Waals surface area contributed by atoms with Crippen molar-refractivity contribution in [1.82, 2.24) is 15.0 Å². The van der Waals surface area contributed by atoms with Gasteiger partial charge in [0.1, 0.15) is 11.6 Å². The van der Waals surface area contributed by atoms with Gasteiger partial charge in [0.15, 0.2) is 0 Å². The van der Waals surface area contributed by atoms with E-state index in [0.29, 0.717) is 0 Å². The molecule has 1 aliphatic rings. The van der Waals surface area contributed by atoms with Gasteiger partial charge in [-0.1, -0.05) is 6.07 Å². The number of nitrogens with one attached hydrogen (secondary N) is 1. The van der Waals surface area contributed by atoms with Gasteiger partial charge < -0.3 is 9.88 Å². The lowest BCUT2D eigenvalue weighted by molar-refractivity contribution is 0.701. The van der Waals surface area contributed by atoms with Crippen LogP contribution in [0.2, 0.25) is 0 Å². The summed E-state index contributed by atoms with van der Waals surface area (Å²) in [6, 6.07) is 6.02. The Labute approximate surface area is 94.4 Å². The molecular weight excluding hydrogens is 200 g/mol. The topological polar surface area (TPSA) is 44.8 Å². The fourth-order valence-electron chi connectivity index (χ4n) is 2.17. The maximum atomic E-state index is 4.48. The summed E-state index contributed by atoms with van der Waals surface area (Å²) in [5.41, 5.74) is 2.44. The van der Waals surface area contributed by atoms with Crippen LogP contribution in [0.3, 0.4) is 0 Å². The van der Waals surface area contributed by atoms with E-state index in [1.54, 1.807) is 0 Å². The highest BCUT2D eigenvalue weighted by Gasteiger charge is 2.19. The largest absolute Gasteiger partial charge is 0.350 e. The summed E-state index contributed by atoms with van der Waals surface area (Å²) in [6.07, 6.45) is 2.83. The van der Waals surface area contributed by atoms with E-state index in [-0.39, 0.29) is 0 Å². The first-order valence-electron chi connectivity index (χ1n) is 5.53. The first-order valence-corrected chi connectivity index (χ1v) is 5.53. The molecule has 0 aromatic carbocycles. The van der Waals surface area contributed by atoms with Gasteiger partial charge in [-0.05, 0) is 19.1 Å². The van der Waals surface area contributed by atoms with E-state index in [9.17, 15) is 0 Å². The van der Waals surface area contributed by atoms with Crippen LogP contribution >= 0.6 is 0 Å². The van der Waals surface area contributed by atoms with Crippen LogP contribution in [0, 0.1) is 6.92 Å². The predicted molar refractivity (Wildman–Crippen MR) is 62.3 cm³/mol. The van der Waals surface area contributed by atoms with Crippen molar-refractivity contribution in [2.45, 2.75) is 19.9 Å². The highest BCUT2D eigenvalue weighted by Crippen LogP contribution is 2.20. The Morgan fingerprint density at radius 3 is 3.12 bits per heavy atom. The van der Waals surface area contributed by atoms with Crippen LogP contribution in [0.25, 0.3) is 0 Å². The number of aryl methyl sites for hydroxylation is 1. The minimum atomic E-state index is 0.882. The standard InChI is InChI=1S/C12H14N4/c1-9-14-10-5-7-16(8-11(10)15-9)12-4-2-3-6-13-12/h2-4,6H,5,7-8H2,1H3,(H,14,15). The van der Waals surface area contributed by atoms with Gasteiger partial charge >= 0.3 is 0 Å². The molecule has 0 bridgehead atoms. The Morgan fingerprint density at radius 1 is 1.38 bits per heavy atom. The zero-order valence-corrected chi connectivity index (χ0v) is 9.27. The Balaban J connectivity index is 1.88. The number of imidazole rings is 1. The van der Waals surface area contributed by atoms with Crippen LogP contribution in [0.15, 0.2) is 24.4 Å². The van der Waals surface area contributed by atoms with Gasteiger partial charge in [0, 0.05) is 19.2 Å². The number of aromatic nitrogens is 3. The van der Waals surface area contributed by atoms with Gasteiger partial charge in [-0.2, -0.15) is 0 Å². The fourth-order valence-corrected chi connectivity index (χ4v) is 2.17. The lowest BCUT2D eigenvalue weighted by Crippen LogP contribution is -2.30. The zero-order valence-electron chi connectivity index (χ0n) is 9.27. The summed E-state index contributed by atoms with van der Waals surface area (Å²) in [5, 5.41) is 0. The van der Waals surface area contributed by atoms with Crippen LogP contribution < -0.4 is 4.90 Å². The molecule has 0 saturated heterocycles. The summed E-state index contributed by atoms with van der Waals surface area (Å²) in [6.45, 7) is 3.88. The third-order valence-electron chi connectivity index (χ3n) is 2.92. The Hall–Kier alpha value is -1.84. The number of nitrogens with zero attached hydrogens (tertiary/aromatic N) is 3. The minimum Gasteiger partial charge on any atom is -0.350 e. The van der Waals surface area contributed by atoms with E-state index in [0.717, 1.165) is 31.2 Å². The molecule has 2 aromatic heterocycles. The van der Waals surface area contributed by atoms with Crippen molar-refractivity contribution in [2.24, 2.45) is 0 Å². The molecule has 0 atom stereocenters. The molecule has 82 valence electrons. The van der Waals surface area contributed by atoms with Gasteiger partial charge in [0.05, 0.1) is 17.9 Å². The quantitative estimate of drug-likeness (QED) is 0.785. The Morgan fingerprint density at radius 2 is 2.31 bits per heavy atom. The minimum absolute atomic E-state index is 0.882. The maximum absolute atomic E-state index is 4.48. The van der Waals surface area contributed by atoms with Gasteiger partial charge in [-0.15, -0.1) is 0 Å². The number of pyridine rings is 1. The van der Waals surface area contributed by atoms with Crippen LogP contribution in [0.1, 0.15) is 17.2 Å². The molecule has 0 radical (unpaired) electrons. The average molecular weight is 214 g/mol. The van der Waals surface area contributed by atoms with E-state index in [2.05, 4.69) is 19.9 Å². The molecule has 4 nitrogen and oxygen atoms in total. The number of fused-ring (bicyclic) bond motifs is 1. The lowest BCUT2D eigenvalue weighted by Gasteiger charge is -2.26. The highest BCUT2D eigenvalue weighted by molar-refractivity contribution is 5.41. The summed E-state index contributed by atoms with van der Waals surface area (Å²) in [7, 11) is 0. The predicted octanol–water partition coefficient (Wildman–Crippen LogP) is 1.68. The summed E-state index contributed by atoms with van der Waals surface area (Å²) in [4.78, 5) is 14.4. The summed E-state index contributed by atoms with van der Waals surface area (Å²) >= 11 is 0. The average Bonchev–Trinajstić information content (AvgIpc) is 2.69. The maximum Gasteiger partial charge on any atom is 0.128 e. The van der Waals surface area contributed by atoms with Crippen molar-refractivity contribution >= 4 is 5.82 Å². The van der Waals surface area contributed by atoms with Crippen LogP contribution in [0.4, 0.5) is 5.82 Å². The van der Waals surface area contributed by atoms with Crippen LogP contribution in [-0.4, -0.2) is 21.5 Å². The first-order chi connectivity index (χ1) is 7.83. The second-order valence-electron chi connectivity index (χ2n) is 4.11. The SMILES string of the molecule is Cc1nc2c([nH]1)CN(c1ccccn1)CC2. The van der Waals surface area contributed by atoms with E-state index < -0.39 is 0 Å². The number of H-pyrrole nitrogens is 1. The molecule has 3 rings (SSSR count). The normalized spacial score (nSPS) is 14.9. The van der Waals surface area contributed by atoms with Crippen LogP contribution in [0.5, 0.6) is 0 Å². The zero-order chi connectivity index (χ0) is 11.0. The molecule has 1 aliphatic heterocycles. The van der Waals surface area contributed by atoms with E-state index in [4.69, 9.17) is 0 Å². The van der Waals surface area contributed by atoms with Gasteiger partial charge in [0.25, 0.3) is 0 Å². The van der Waals surface area contributed by atoms with Crippen molar-refractivity contribution < 1.29 is 0 Å². The third kappa shape index (κ3) is 1.56. The lowest BCUT2D eigenvalue weighted by atomic mass is 10.1. The van der Waals surface area contributed by atoms with Crippen LogP contribution in [-0.2, 0) is 13.0 Å². The van der Waals surface area contributed by atoms with E-state index in [1.165, 1.54) is 11.4 Å². The number of hydrogen-bond acceptors (Lipinski definition) is 3. The fraction of sp³-hybridized carbons (Fsp3) is 0.333. The number of rotatable bonds is 1. The van der Waals surface area contributed by atoms with E-state index in [1.807, 2.05) is 31.3 Å². The van der Waals surface area contributed by atoms with Crippen molar-refractivity contribution in [1.29, 1.82) is 0 Å². The molecule has 0 unspecified atom stereocenters. The second-order valence-corrected chi connectivity index (χ2v) is 4.11. The Bertz CT molecular complexity index is 489. The van der Waals surface area contributed by atoms with Gasteiger partial charge in [-0.3, -0.25) is 0 Å². The molecule has 0 saturated carbocycles. The van der Waals surface area contributed by atoms with Gasteiger partial charge in [0.2, 0.25) is 0 Å². The van der Waals surface area contributed by atoms with Crippen molar-refractivity contribution in [3.8, 4) is 0 Å². The smallest absolute Gasteiger partial charge is 0.128 e. The molecule has 0 amide bonds.